The predicted octanol–water partition coefficient (Wildman–Crippen LogP) is 3.05. The van der Waals surface area contributed by atoms with Crippen LogP contribution in [-0.2, 0) is 6.54 Å². The molecule has 0 bridgehead atoms. The Balaban J connectivity index is 2.04. The third-order valence-corrected chi connectivity index (χ3v) is 3.85. The summed E-state index contributed by atoms with van der Waals surface area (Å²) in [7, 11) is 0. The van der Waals surface area contributed by atoms with E-state index in [-0.39, 0.29) is 5.82 Å². The highest BCUT2D eigenvalue weighted by Crippen LogP contribution is 2.19. The molecule has 1 aromatic rings. The van der Waals surface area contributed by atoms with Crippen molar-refractivity contribution in [3.8, 4) is 0 Å². The van der Waals surface area contributed by atoms with Gasteiger partial charge in [0.25, 0.3) is 0 Å². The standard InChI is InChI=1S/C14H20ClFN2/c1-2-18(13-5-7-17-8-6-13)10-11-3-4-12(15)9-14(11)16/h3-4,9,13,17H,2,5-8,10H2,1H3. The summed E-state index contributed by atoms with van der Waals surface area (Å²) in [4.78, 5) is 2.35. The molecule has 0 radical (unpaired) electrons. The van der Waals surface area contributed by atoms with Gasteiger partial charge in [-0.15, -0.1) is 0 Å². The number of nitrogens with one attached hydrogen (secondary N) is 1. The summed E-state index contributed by atoms with van der Waals surface area (Å²) in [6, 6.07) is 5.51. The van der Waals surface area contributed by atoms with Gasteiger partial charge in [-0.05, 0) is 44.6 Å². The Bertz CT molecular complexity index is 391. The number of nitrogens with zero attached hydrogens (tertiary/aromatic N) is 1. The Labute approximate surface area is 113 Å². The molecule has 18 heavy (non-hydrogen) atoms. The molecule has 0 aliphatic carbocycles. The van der Waals surface area contributed by atoms with Gasteiger partial charge in [0.15, 0.2) is 0 Å². The monoisotopic (exact) mass is 270 g/mol. The number of halogens is 2. The predicted molar refractivity (Wildman–Crippen MR) is 73.4 cm³/mol. The van der Waals surface area contributed by atoms with E-state index in [1.807, 2.05) is 0 Å². The van der Waals surface area contributed by atoms with Gasteiger partial charge in [-0.3, -0.25) is 4.90 Å². The molecule has 2 nitrogen and oxygen atoms in total. The minimum absolute atomic E-state index is 0.199. The Morgan fingerprint density at radius 3 is 2.72 bits per heavy atom. The summed E-state index contributed by atoms with van der Waals surface area (Å²) in [6.45, 7) is 5.88. The average molecular weight is 271 g/mol. The van der Waals surface area contributed by atoms with Crippen LogP contribution in [-0.4, -0.2) is 30.6 Å². The Morgan fingerprint density at radius 1 is 1.39 bits per heavy atom. The molecule has 0 aromatic heterocycles. The van der Waals surface area contributed by atoms with E-state index in [1.165, 1.54) is 6.07 Å². The van der Waals surface area contributed by atoms with Gasteiger partial charge in [0, 0.05) is 23.2 Å². The lowest BCUT2D eigenvalue weighted by Crippen LogP contribution is -2.42. The molecular weight excluding hydrogens is 251 g/mol. The molecule has 1 saturated heterocycles. The van der Waals surface area contributed by atoms with Crippen LogP contribution >= 0.6 is 11.6 Å². The fraction of sp³-hybridized carbons (Fsp3) is 0.571. The van der Waals surface area contributed by atoms with Crippen LogP contribution in [0.25, 0.3) is 0 Å². The van der Waals surface area contributed by atoms with Crippen LogP contribution in [0, 0.1) is 5.82 Å². The zero-order valence-electron chi connectivity index (χ0n) is 10.8. The van der Waals surface area contributed by atoms with E-state index in [9.17, 15) is 4.39 Å². The fourth-order valence-corrected chi connectivity index (χ4v) is 2.70. The Hall–Kier alpha value is -0.640. The normalized spacial score (nSPS) is 17.3. The molecule has 100 valence electrons. The van der Waals surface area contributed by atoms with E-state index in [0.29, 0.717) is 17.6 Å². The van der Waals surface area contributed by atoms with Crippen molar-refractivity contribution in [1.29, 1.82) is 0 Å². The summed E-state index contributed by atoms with van der Waals surface area (Å²) in [5.41, 5.74) is 0.736. The topological polar surface area (TPSA) is 15.3 Å². The largest absolute Gasteiger partial charge is 0.317 e. The second kappa shape index (κ2) is 6.50. The van der Waals surface area contributed by atoms with Crippen LogP contribution in [0.2, 0.25) is 5.02 Å². The molecule has 0 atom stereocenters. The van der Waals surface area contributed by atoms with Crippen LogP contribution in [0.5, 0.6) is 0 Å². The third-order valence-electron chi connectivity index (χ3n) is 3.62. The first-order valence-corrected chi connectivity index (χ1v) is 6.97. The quantitative estimate of drug-likeness (QED) is 0.905. The van der Waals surface area contributed by atoms with E-state index in [0.717, 1.165) is 38.0 Å². The van der Waals surface area contributed by atoms with Crippen LogP contribution in [0.15, 0.2) is 18.2 Å². The molecule has 4 heteroatoms. The maximum Gasteiger partial charge on any atom is 0.129 e. The molecule has 1 heterocycles. The fourth-order valence-electron chi connectivity index (χ4n) is 2.54. The lowest BCUT2D eigenvalue weighted by molar-refractivity contribution is 0.160. The SMILES string of the molecule is CCN(Cc1ccc(Cl)cc1F)C1CCNCC1. The molecule has 2 rings (SSSR count). The highest BCUT2D eigenvalue weighted by atomic mass is 35.5. The van der Waals surface area contributed by atoms with Gasteiger partial charge in [-0.25, -0.2) is 4.39 Å². The van der Waals surface area contributed by atoms with Gasteiger partial charge in [-0.2, -0.15) is 0 Å². The first kappa shape index (κ1) is 13.8. The summed E-state index contributed by atoms with van der Waals surface area (Å²) in [6.07, 6.45) is 2.28. The smallest absolute Gasteiger partial charge is 0.129 e. The molecule has 1 fully saturated rings. The van der Waals surface area contributed by atoms with Gasteiger partial charge in [0.05, 0.1) is 0 Å². The molecule has 0 unspecified atom stereocenters. The number of piperidine rings is 1. The van der Waals surface area contributed by atoms with Crippen molar-refractivity contribution in [3.63, 3.8) is 0 Å². The van der Waals surface area contributed by atoms with Crippen molar-refractivity contribution >= 4 is 11.6 Å². The van der Waals surface area contributed by atoms with Gasteiger partial charge >= 0.3 is 0 Å². The van der Waals surface area contributed by atoms with E-state index in [1.54, 1.807) is 12.1 Å². The minimum atomic E-state index is -0.199. The Kier molecular flexibility index (Phi) is 4.98. The maximum atomic E-state index is 13.8. The Morgan fingerprint density at radius 2 is 2.11 bits per heavy atom. The average Bonchev–Trinajstić information content (AvgIpc) is 2.39. The van der Waals surface area contributed by atoms with Crippen LogP contribution < -0.4 is 5.32 Å². The van der Waals surface area contributed by atoms with Crippen LogP contribution in [0.1, 0.15) is 25.3 Å². The zero-order valence-corrected chi connectivity index (χ0v) is 11.5. The van der Waals surface area contributed by atoms with Crippen LogP contribution in [0.3, 0.4) is 0 Å². The lowest BCUT2D eigenvalue weighted by atomic mass is 10.0. The van der Waals surface area contributed by atoms with Crippen molar-refractivity contribution in [3.05, 3.63) is 34.6 Å². The van der Waals surface area contributed by atoms with Gasteiger partial charge in [-0.1, -0.05) is 24.6 Å². The van der Waals surface area contributed by atoms with Crippen molar-refractivity contribution < 1.29 is 4.39 Å². The number of hydrogen-bond acceptors (Lipinski definition) is 2. The highest BCUT2D eigenvalue weighted by Gasteiger charge is 2.20. The number of rotatable bonds is 4. The molecule has 1 aliphatic heterocycles. The zero-order chi connectivity index (χ0) is 13.0. The van der Waals surface area contributed by atoms with Crippen molar-refractivity contribution in [2.24, 2.45) is 0 Å². The summed E-state index contributed by atoms with van der Waals surface area (Å²) in [5.74, 6) is -0.199. The minimum Gasteiger partial charge on any atom is -0.317 e. The van der Waals surface area contributed by atoms with Crippen molar-refractivity contribution in [1.82, 2.24) is 10.2 Å². The maximum absolute atomic E-state index is 13.8. The molecular formula is C14H20ClFN2. The molecule has 1 N–H and O–H groups in total. The number of benzene rings is 1. The summed E-state index contributed by atoms with van der Waals surface area (Å²) >= 11 is 5.77. The van der Waals surface area contributed by atoms with Gasteiger partial charge in [0.2, 0.25) is 0 Å². The van der Waals surface area contributed by atoms with Crippen LogP contribution in [0.4, 0.5) is 4.39 Å². The van der Waals surface area contributed by atoms with E-state index in [4.69, 9.17) is 11.6 Å². The number of hydrogen-bond donors (Lipinski definition) is 1. The molecule has 0 saturated carbocycles. The first-order chi connectivity index (χ1) is 8.70. The molecule has 1 aromatic carbocycles. The highest BCUT2D eigenvalue weighted by molar-refractivity contribution is 6.30. The van der Waals surface area contributed by atoms with Crippen molar-refractivity contribution in [2.75, 3.05) is 19.6 Å². The van der Waals surface area contributed by atoms with E-state index in [2.05, 4.69) is 17.1 Å². The van der Waals surface area contributed by atoms with E-state index < -0.39 is 0 Å². The molecule has 1 aliphatic rings. The molecule has 0 spiro atoms. The van der Waals surface area contributed by atoms with E-state index >= 15 is 0 Å². The van der Waals surface area contributed by atoms with Gasteiger partial charge < -0.3 is 5.32 Å². The lowest BCUT2D eigenvalue weighted by Gasteiger charge is -2.34. The summed E-state index contributed by atoms with van der Waals surface area (Å²) < 4.78 is 13.8. The van der Waals surface area contributed by atoms with Crippen molar-refractivity contribution in [2.45, 2.75) is 32.4 Å². The summed E-state index contributed by atoms with van der Waals surface area (Å²) in [5, 5.41) is 3.82. The first-order valence-electron chi connectivity index (χ1n) is 6.59. The molecule has 0 amide bonds. The van der Waals surface area contributed by atoms with Gasteiger partial charge in [0.1, 0.15) is 5.82 Å². The third kappa shape index (κ3) is 3.44. The second-order valence-electron chi connectivity index (χ2n) is 4.78. The second-order valence-corrected chi connectivity index (χ2v) is 5.22.